The number of ether oxygens (including phenoxy) is 2. The molecule has 0 aromatic heterocycles. The zero-order valence-corrected chi connectivity index (χ0v) is 14.0. The minimum absolute atomic E-state index is 0.00445. The standard InChI is InChI=1S/C17H24N2O5/c1-19(17(21)22)15-10-13(23-2)8-9-14(15)18-16(20)24-11-12-6-4-3-5-7-12/h3-7,13-15H,8-11H2,1-2H3,(H,18,20)(H,21,22)/t13-,14+,15+/m1/s1. The fraction of sp³-hybridized carbons (Fsp3) is 0.529. The van der Waals surface area contributed by atoms with Gasteiger partial charge in [-0.15, -0.1) is 0 Å². The first-order chi connectivity index (χ1) is 11.5. The van der Waals surface area contributed by atoms with Crippen LogP contribution >= 0.6 is 0 Å². The van der Waals surface area contributed by atoms with Crippen molar-refractivity contribution in [2.45, 2.75) is 44.1 Å². The van der Waals surface area contributed by atoms with Crippen molar-refractivity contribution in [3.8, 4) is 0 Å². The van der Waals surface area contributed by atoms with E-state index in [-0.39, 0.29) is 24.8 Å². The molecule has 7 nitrogen and oxygen atoms in total. The predicted molar refractivity (Wildman–Crippen MR) is 87.8 cm³/mol. The van der Waals surface area contributed by atoms with Crippen LogP contribution in [0.2, 0.25) is 0 Å². The molecule has 1 aliphatic carbocycles. The highest BCUT2D eigenvalue weighted by Crippen LogP contribution is 2.25. The van der Waals surface area contributed by atoms with Crippen LogP contribution in [-0.4, -0.2) is 54.5 Å². The zero-order valence-electron chi connectivity index (χ0n) is 14.0. The average Bonchev–Trinajstić information content (AvgIpc) is 2.60. The molecule has 3 atom stereocenters. The van der Waals surface area contributed by atoms with Gasteiger partial charge in [0.15, 0.2) is 0 Å². The van der Waals surface area contributed by atoms with E-state index in [4.69, 9.17) is 9.47 Å². The van der Waals surface area contributed by atoms with Crippen molar-refractivity contribution in [2.24, 2.45) is 0 Å². The van der Waals surface area contributed by atoms with Crippen LogP contribution < -0.4 is 5.32 Å². The lowest BCUT2D eigenvalue weighted by molar-refractivity contribution is 0.0208. The summed E-state index contributed by atoms with van der Waals surface area (Å²) in [4.78, 5) is 24.5. The number of hydrogen-bond acceptors (Lipinski definition) is 4. The molecule has 1 aliphatic rings. The average molecular weight is 336 g/mol. The second-order valence-corrected chi connectivity index (χ2v) is 5.94. The van der Waals surface area contributed by atoms with Gasteiger partial charge in [0.1, 0.15) is 6.61 Å². The number of methoxy groups -OCH3 is 1. The maximum absolute atomic E-state index is 12.0. The summed E-state index contributed by atoms with van der Waals surface area (Å²) in [6.45, 7) is 0.180. The van der Waals surface area contributed by atoms with Crippen molar-refractivity contribution in [3.63, 3.8) is 0 Å². The van der Waals surface area contributed by atoms with Crippen molar-refractivity contribution in [3.05, 3.63) is 35.9 Å². The van der Waals surface area contributed by atoms with E-state index in [1.807, 2.05) is 30.3 Å². The minimum atomic E-state index is -1.03. The van der Waals surface area contributed by atoms with Crippen LogP contribution in [0.4, 0.5) is 9.59 Å². The molecule has 2 rings (SSSR count). The topological polar surface area (TPSA) is 88.1 Å². The Hall–Kier alpha value is -2.28. The Morgan fingerprint density at radius 2 is 2.00 bits per heavy atom. The van der Waals surface area contributed by atoms with E-state index in [0.717, 1.165) is 12.0 Å². The summed E-state index contributed by atoms with van der Waals surface area (Å²) in [5.74, 6) is 0. The molecule has 0 bridgehead atoms. The molecule has 0 unspecified atom stereocenters. The first kappa shape index (κ1) is 18.1. The predicted octanol–water partition coefficient (Wildman–Crippen LogP) is 2.46. The third-order valence-corrected chi connectivity index (χ3v) is 4.42. The highest BCUT2D eigenvalue weighted by Gasteiger charge is 2.36. The number of carbonyl (C=O) groups is 2. The smallest absolute Gasteiger partial charge is 0.407 e. The highest BCUT2D eigenvalue weighted by atomic mass is 16.5. The first-order valence-electron chi connectivity index (χ1n) is 7.97. The summed E-state index contributed by atoms with van der Waals surface area (Å²) in [7, 11) is 3.12. The maximum Gasteiger partial charge on any atom is 0.407 e. The molecule has 2 N–H and O–H groups in total. The number of nitrogens with one attached hydrogen (secondary N) is 1. The fourth-order valence-corrected chi connectivity index (χ4v) is 2.98. The Bertz CT molecular complexity index is 551. The van der Waals surface area contributed by atoms with Crippen LogP contribution in [0.3, 0.4) is 0 Å². The lowest BCUT2D eigenvalue weighted by Gasteiger charge is -2.39. The molecular formula is C17H24N2O5. The van der Waals surface area contributed by atoms with Gasteiger partial charge >= 0.3 is 12.2 Å². The zero-order chi connectivity index (χ0) is 17.5. The van der Waals surface area contributed by atoms with E-state index in [1.54, 1.807) is 7.11 Å². The van der Waals surface area contributed by atoms with Crippen molar-refractivity contribution in [1.29, 1.82) is 0 Å². The Morgan fingerprint density at radius 3 is 2.62 bits per heavy atom. The van der Waals surface area contributed by atoms with Crippen LogP contribution in [0.15, 0.2) is 30.3 Å². The molecule has 0 heterocycles. The largest absolute Gasteiger partial charge is 0.465 e. The molecule has 24 heavy (non-hydrogen) atoms. The molecule has 0 saturated heterocycles. The Balaban J connectivity index is 1.92. The Kier molecular flexibility index (Phi) is 6.43. The van der Waals surface area contributed by atoms with E-state index in [0.29, 0.717) is 12.8 Å². The minimum Gasteiger partial charge on any atom is -0.465 e. The van der Waals surface area contributed by atoms with Crippen LogP contribution in [0, 0.1) is 0 Å². The molecule has 2 amide bonds. The molecular weight excluding hydrogens is 312 g/mol. The van der Waals surface area contributed by atoms with Crippen molar-refractivity contribution < 1.29 is 24.2 Å². The van der Waals surface area contributed by atoms with E-state index in [1.165, 1.54) is 11.9 Å². The summed E-state index contributed by atoms with van der Waals surface area (Å²) < 4.78 is 10.6. The van der Waals surface area contributed by atoms with Crippen LogP contribution in [-0.2, 0) is 16.1 Å². The van der Waals surface area contributed by atoms with Gasteiger partial charge in [-0.25, -0.2) is 9.59 Å². The normalized spacial score (nSPS) is 23.3. The van der Waals surface area contributed by atoms with E-state index in [2.05, 4.69) is 5.32 Å². The number of amides is 2. The molecule has 0 radical (unpaired) electrons. The number of benzene rings is 1. The Morgan fingerprint density at radius 1 is 1.29 bits per heavy atom. The summed E-state index contributed by atoms with van der Waals surface area (Å²) in [5, 5.41) is 12.0. The number of nitrogens with zero attached hydrogens (tertiary/aromatic N) is 1. The third kappa shape index (κ3) is 4.86. The second kappa shape index (κ2) is 8.54. The number of hydrogen-bond donors (Lipinski definition) is 2. The lowest BCUT2D eigenvalue weighted by Crippen LogP contribution is -2.55. The van der Waals surface area contributed by atoms with Gasteiger partial charge in [0.25, 0.3) is 0 Å². The monoisotopic (exact) mass is 336 g/mol. The second-order valence-electron chi connectivity index (χ2n) is 5.94. The molecule has 1 aromatic rings. The van der Waals surface area contributed by atoms with Crippen LogP contribution in [0.5, 0.6) is 0 Å². The van der Waals surface area contributed by atoms with Crippen molar-refractivity contribution >= 4 is 12.2 Å². The summed E-state index contributed by atoms with van der Waals surface area (Å²) in [6, 6.07) is 8.76. The first-order valence-corrected chi connectivity index (χ1v) is 7.97. The van der Waals surface area contributed by atoms with E-state index >= 15 is 0 Å². The Labute approximate surface area is 141 Å². The van der Waals surface area contributed by atoms with Gasteiger partial charge in [0.05, 0.1) is 18.2 Å². The summed E-state index contributed by atoms with van der Waals surface area (Å²) in [5.41, 5.74) is 0.898. The molecule has 0 aliphatic heterocycles. The number of alkyl carbamates (subject to hydrolysis) is 1. The van der Waals surface area contributed by atoms with Gasteiger partial charge in [0, 0.05) is 14.2 Å². The number of rotatable bonds is 5. The van der Waals surface area contributed by atoms with Gasteiger partial charge in [-0.3, -0.25) is 0 Å². The molecule has 1 aromatic carbocycles. The number of carboxylic acid groups (broad SMARTS) is 1. The molecule has 7 heteroatoms. The van der Waals surface area contributed by atoms with E-state index in [9.17, 15) is 14.7 Å². The van der Waals surface area contributed by atoms with Gasteiger partial charge in [-0.2, -0.15) is 0 Å². The molecule has 1 fully saturated rings. The van der Waals surface area contributed by atoms with Gasteiger partial charge in [-0.1, -0.05) is 30.3 Å². The van der Waals surface area contributed by atoms with Crippen LogP contribution in [0.25, 0.3) is 0 Å². The van der Waals surface area contributed by atoms with Crippen molar-refractivity contribution in [2.75, 3.05) is 14.2 Å². The van der Waals surface area contributed by atoms with E-state index < -0.39 is 12.2 Å². The van der Waals surface area contributed by atoms with Gasteiger partial charge in [0.2, 0.25) is 0 Å². The molecule has 132 valence electrons. The quantitative estimate of drug-likeness (QED) is 0.862. The summed E-state index contributed by atoms with van der Waals surface area (Å²) in [6.07, 6.45) is 0.383. The molecule has 0 spiro atoms. The highest BCUT2D eigenvalue weighted by molar-refractivity contribution is 5.68. The number of carbonyl (C=O) groups excluding carboxylic acids is 1. The number of likely N-dealkylation sites (N-methyl/N-ethyl adjacent to an activating group) is 1. The lowest BCUT2D eigenvalue weighted by atomic mass is 9.87. The van der Waals surface area contributed by atoms with Crippen LogP contribution in [0.1, 0.15) is 24.8 Å². The van der Waals surface area contributed by atoms with Gasteiger partial charge < -0.3 is 24.8 Å². The van der Waals surface area contributed by atoms with Crippen molar-refractivity contribution in [1.82, 2.24) is 10.2 Å². The summed E-state index contributed by atoms with van der Waals surface area (Å²) >= 11 is 0. The molecule has 1 saturated carbocycles. The maximum atomic E-state index is 12.0. The fourth-order valence-electron chi connectivity index (χ4n) is 2.98. The SMILES string of the molecule is CO[C@@H]1CC[C@H](NC(=O)OCc2ccccc2)[C@@H](N(C)C(=O)O)C1. The third-order valence-electron chi connectivity index (χ3n) is 4.42. The van der Waals surface area contributed by atoms with Gasteiger partial charge in [-0.05, 0) is 24.8 Å².